The molecule has 0 aliphatic heterocycles. The zero-order valence-electron chi connectivity index (χ0n) is 16.3. The van der Waals surface area contributed by atoms with Crippen LogP contribution in [0.3, 0.4) is 0 Å². The summed E-state index contributed by atoms with van der Waals surface area (Å²) in [5.74, 6) is 1.77. The third-order valence-corrected chi connectivity index (χ3v) is 4.02. The Morgan fingerprint density at radius 1 is 1.04 bits per heavy atom. The molecule has 1 aromatic heterocycles. The van der Waals surface area contributed by atoms with Gasteiger partial charge in [-0.1, -0.05) is 31.5 Å². The van der Waals surface area contributed by atoms with Gasteiger partial charge in [-0.3, -0.25) is 9.98 Å². The number of nitrogens with one attached hydrogen (secondary N) is 2. The maximum Gasteiger partial charge on any atom is 0.190 e. The molecule has 148 valence electrons. The molecule has 0 atom stereocenters. The lowest BCUT2D eigenvalue weighted by Crippen LogP contribution is -2.39. The largest absolute Gasteiger partial charge is 0.494 e. The Bertz CT molecular complexity index is 647. The standard InChI is InChI=1S/C21H30N4O.HI/c1-3-4-17-26-20-10-8-18(9-11-20)12-15-24-21(22-2)25-16-13-19-7-5-6-14-23-19;/h5-11,14H,3-4,12-13,15-17H2,1-2H3,(H2,22,24,25);1H. The van der Waals surface area contributed by atoms with E-state index in [1.165, 1.54) is 5.56 Å². The second kappa shape index (κ2) is 14.3. The zero-order chi connectivity index (χ0) is 18.5. The highest BCUT2D eigenvalue weighted by Gasteiger charge is 2.00. The molecule has 1 heterocycles. The van der Waals surface area contributed by atoms with Crippen molar-refractivity contribution in [2.24, 2.45) is 4.99 Å². The van der Waals surface area contributed by atoms with Crippen LogP contribution in [0, 0.1) is 0 Å². The van der Waals surface area contributed by atoms with Crippen LogP contribution in [-0.2, 0) is 12.8 Å². The van der Waals surface area contributed by atoms with Gasteiger partial charge in [-0.25, -0.2) is 0 Å². The minimum Gasteiger partial charge on any atom is -0.494 e. The van der Waals surface area contributed by atoms with Crippen LogP contribution in [0.4, 0.5) is 0 Å². The van der Waals surface area contributed by atoms with Gasteiger partial charge in [-0.2, -0.15) is 0 Å². The fourth-order valence-corrected chi connectivity index (χ4v) is 2.49. The number of aliphatic imine (C=N–C) groups is 1. The maximum absolute atomic E-state index is 5.69. The van der Waals surface area contributed by atoms with E-state index in [1.807, 2.05) is 36.5 Å². The highest BCUT2D eigenvalue weighted by Crippen LogP contribution is 2.12. The van der Waals surface area contributed by atoms with Crippen LogP contribution in [0.25, 0.3) is 0 Å². The molecule has 0 amide bonds. The van der Waals surface area contributed by atoms with E-state index >= 15 is 0 Å². The molecular weight excluding hydrogens is 451 g/mol. The topological polar surface area (TPSA) is 58.5 Å². The molecule has 2 aromatic rings. The molecule has 0 saturated carbocycles. The molecule has 0 fully saturated rings. The van der Waals surface area contributed by atoms with Gasteiger partial charge in [-0.05, 0) is 42.7 Å². The smallest absolute Gasteiger partial charge is 0.190 e. The summed E-state index contributed by atoms with van der Waals surface area (Å²) in [4.78, 5) is 8.58. The van der Waals surface area contributed by atoms with E-state index in [2.05, 4.69) is 39.7 Å². The lowest BCUT2D eigenvalue weighted by atomic mass is 10.1. The Kier molecular flexibility index (Phi) is 12.3. The molecule has 0 radical (unpaired) electrons. The van der Waals surface area contributed by atoms with E-state index in [9.17, 15) is 0 Å². The summed E-state index contributed by atoms with van der Waals surface area (Å²) in [5.41, 5.74) is 2.36. The summed E-state index contributed by atoms with van der Waals surface area (Å²) in [6, 6.07) is 14.3. The number of ether oxygens (including phenoxy) is 1. The molecule has 0 aliphatic carbocycles. The lowest BCUT2D eigenvalue weighted by molar-refractivity contribution is 0.309. The summed E-state index contributed by atoms with van der Waals surface area (Å²) in [6.07, 6.45) is 5.89. The van der Waals surface area contributed by atoms with Gasteiger partial charge in [0.25, 0.3) is 0 Å². The summed E-state index contributed by atoms with van der Waals surface area (Å²) in [6.45, 7) is 4.60. The molecule has 27 heavy (non-hydrogen) atoms. The number of halogens is 1. The zero-order valence-corrected chi connectivity index (χ0v) is 18.6. The van der Waals surface area contributed by atoms with Crippen LogP contribution in [0.15, 0.2) is 53.7 Å². The second-order valence-electron chi connectivity index (χ2n) is 6.09. The Labute approximate surface area is 180 Å². The van der Waals surface area contributed by atoms with Crippen molar-refractivity contribution >= 4 is 29.9 Å². The highest BCUT2D eigenvalue weighted by molar-refractivity contribution is 14.0. The minimum atomic E-state index is 0. The van der Waals surface area contributed by atoms with E-state index in [1.54, 1.807) is 7.05 Å². The van der Waals surface area contributed by atoms with Gasteiger partial charge >= 0.3 is 0 Å². The van der Waals surface area contributed by atoms with Crippen molar-refractivity contribution in [2.75, 3.05) is 26.7 Å². The molecular formula is C21H31IN4O. The number of guanidine groups is 1. The van der Waals surface area contributed by atoms with E-state index in [-0.39, 0.29) is 24.0 Å². The van der Waals surface area contributed by atoms with Crippen molar-refractivity contribution in [3.63, 3.8) is 0 Å². The SMILES string of the molecule is CCCCOc1ccc(CCNC(=NC)NCCc2ccccn2)cc1.I. The van der Waals surface area contributed by atoms with Crippen molar-refractivity contribution < 1.29 is 4.74 Å². The predicted octanol–water partition coefficient (Wildman–Crippen LogP) is 3.83. The Morgan fingerprint density at radius 2 is 1.78 bits per heavy atom. The van der Waals surface area contributed by atoms with E-state index < -0.39 is 0 Å². The number of unbranched alkanes of at least 4 members (excludes halogenated alkanes) is 1. The summed E-state index contributed by atoms with van der Waals surface area (Å²) in [5, 5.41) is 6.67. The average molecular weight is 482 g/mol. The van der Waals surface area contributed by atoms with Crippen LogP contribution in [0.1, 0.15) is 31.0 Å². The molecule has 0 unspecified atom stereocenters. The van der Waals surface area contributed by atoms with E-state index in [0.717, 1.165) is 62.8 Å². The van der Waals surface area contributed by atoms with Crippen molar-refractivity contribution in [3.8, 4) is 5.75 Å². The quantitative estimate of drug-likeness (QED) is 0.234. The van der Waals surface area contributed by atoms with Gasteiger partial charge in [0.05, 0.1) is 6.61 Å². The van der Waals surface area contributed by atoms with Gasteiger partial charge in [0.15, 0.2) is 5.96 Å². The molecule has 0 saturated heterocycles. The van der Waals surface area contributed by atoms with Crippen molar-refractivity contribution in [1.29, 1.82) is 0 Å². The van der Waals surface area contributed by atoms with Crippen molar-refractivity contribution in [1.82, 2.24) is 15.6 Å². The molecule has 2 rings (SSSR count). The number of hydrogen-bond donors (Lipinski definition) is 2. The predicted molar refractivity (Wildman–Crippen MR) is 123 cm³/mol. The third-order valence-electron chi connectivity index (χ3n) is 4.02. The van der Waals surface area contributed by atoms with E-state index in [0.29, 0.717) is 0 Å². The van der Waals surface area contributed by atoms with Crippen LogP contribution in [-0.4, -0.2) is 37.7 Å². The minimum absolute atomic E-state index is 0. The fraction of sp³-hybridized carbons (Fsp3) is 0.429. The molecule has 6 heteroatoms. The molecule has 2 N–H and O–H groups in total. The monoisotopic (exact) mass is 482 g/mol. The first-order valence-corrected chi connectivity index (χ1v) is 9.38. The average Bonchev–Trinajstić information content (AvgIpc) is 2.69. The molecule has 0 bridgehead atoms. The Balaban J connectivity index is 0.00000364. The molecule has 0 aliphatic rings. The van der Waals surface area contributed by atoms with Gasteiger partial charge in [0.1, 0.15) is 5.75 Å². The van der Waals surface area contributed by atoms with Gasteiger partial charge in [-0.15, -0.1) is 24.0 Å². The van der Waals surface area contributed by atoms with Crippen LogP contribution in [0.2, 0.25) is 0 Å². The highest BCUT2D eigenvalue weighted by atomic mass is 127. The Hall–Kier alpha value is -1.83. The van der Waals surface area contributed by atoms with Crippen LogP contribution < -0.4 is 15.4 Å². The Morgan fingerprint density at radius 3 is 2.41 bits per heavy atom. The first-order chi connectivity index (χ1) is 12.8. The maximum atomic E-state index is 5.69. The second-order valence-corrected chi connectivity index (χ2v) is 6.09. The number of pyridine rings is 1. The van der Waals surface area contributed by atoms with Crippen LogP contribution in [0.5, 0.6) is 5.75 Å². The van der Waals surface area contributed by atoms with Gasteiger partial charge in [0.2, 0.25) is 0 Å². The van der Waals surface area contributed by atoms with Crippen LogP contribution >= 0.6 is 24.0 Å². The van der Waals surface area contributed by atoms with E-state index in [4.69, 9.17) is 4.74 Å². The lowest BCUT2D eigenvalue weighted by Gasteiger charge is -2.12. The first-order valence-electron chi connectivity index (χ1n) is 9.38. The number of aromatic nitrogens is 1. The summed E-state index contributed by atoms with van der Waals surface area (Å²) in [7, 11) is 1.79. The normalized spacial score (nSPS) is 10.8. The summed E-state index contributed by atoms with van der Waals surface area (Å²) >= 11 is 0. The van der Waals surface area contributed by atoms with Gasteiger partial charge in [0, 0.05) is 38.4 Å². The van der Waals surface area contributed by atoms with Crippen molar-refractivity contribution in [3.05, 3.63) is 59.9 Å². The molecule has 5 nitrogen and oxygen atoms in total. The van der Waals surface area contributed by atoms with Gasteiger partial charge < -0.3 is 15.4 Å². The third kappa shape index (κ3) is 9.60. The number of nitrogens with zero attached hydrogens (tertiary/aromatic N) is 2. The van der Waals surface area contributed by atoms with Crippen molar-refractivity contribution in [2.45, 2.75) is 32.6 Å². The molecule has 1 aromatic carbocycles. The summed E-state index contributed by atoms with van der Waals surface area (Å²) < 4.78 is 5.69. The number of benzene rings is 1. The first kappa shape index (κ1) is 23.2. The molecule has 0 spiro atoms. The fourth-order valence-electron chi connectivity index (χ4n) is 2.49. The number of hydrogen-bond acceptors (Lipinski definition) is 3. The number of rotatable bonds is 10.